The van der Waals surface area contributed by atoms with Crippen LogP contribution < -0.4 is 5.32 Å². The molecule has 0 saturated heterocycles. The highest BCUT2D eigenvalue weighted by Gasteiger charge is 2.10. The van der Waals surface area contributed by atoms with Crippen molar-refractivity contribution in [1.29, 1.82) is 0 Å². The molecule has 0 aliphatic heterocycles. The summed E-state index contributed by atoms with van der Waals surface area (Å²) in [4.78, 5) is 16.6. The summed E-state index contributed by atoms with van der Waals surface area (Å²) in [6.07, 6.45) is 0.121. The van der Waals surface area contributed by atoms with E-state index >= 15 is 0 Å². The monoisotopic (exact) mass is 340 g/mol. The van der Waals surface area contributed by atoms with Crippen LogP contribution in [0.2, 0.25) is 0 Å². The number of anilines is 1. The van der Waals surface area contributed by atoms with Crippen molar-refractivity contribution in [2.75, 3.05) is 5.32 Å². The molecule has 2 aromatic carbocycles. The lowest BCUT2D eigenvalue weighted by molar-refractivity contribution is -0.115. The highest BCUT2D eigenvalue weighted by atomic mass is 32.1. The first-order chi connectivity index (χ1) is 11.5. The molecule has 0 spiro atoms. The lowest BCUT2D eigenvalue weighted by Gasteiger charge is -2.04. The lowest BCUT2D eigenvalue weighted by Crippen LogP contribution is -2.14. The van der Waals surface area contributed by atoms with Crippen molar-refractivity contribution in [2.24, 2.45) is 0 Å². The fraction of sp³-hybridized carbons (Fsp3) is 0.158. The van der Waals surface area contributed by atoms with Crippen LogP contribution in [0.4, 0.5) is 9.52 Å². The van der Waals surface area contributed by atoms with E-state index in [0.29, 0.717) is 10.7 Å². The molecule has 1 N–H and O–H groups in total. The number of hydrogen-bond donors (Lipinski definition) is 1. The zero-order chi connectivity index (χ0) is 17.1. The van der Waals surface area contributed by atoms with Gasteiger partial charge in [0.05, 0.1) is 12.1 Å². The van der Waals surface area contributed by atoms with Crippen LogP contribution in [0.25, 0.3) is 11.3 Å². The van der Waals surface area contributed by atoms with E-state index in [9.17, 15) is 9.18 Å². The largest absolute Gasteiger partial charge is 0.302 e. The average Bonchev–Trinajstić information content (AvgIpc) is 2.95. The predicted octanol–water partition coefficient (Wildman–Crippen LogP) is 4.75. The summed E-state index contributed by atoms with van der Waals surface area (Å²) >= 11 is 1.38. The van der Waals surface area contributed by atoms with E-state index in [0.717, 1.165) is 16.8 Å². The number of aromatic nitrogens is 1. The standard InChI is InChI=1S/C19H17FN2OS/c1-12-6-7-16(13(2)8-12)17-11-24-19(21-17)22-18(23)10-14-4-3-5-15(20)9-14/h3-9,11H,10H2,1-2H3,(H,21,22,23). The third-order valence-electron chi connectivity index (χ3n) is 3.66. The van der Waals surface area contributed by atoms with Crippen molar-refractivity contribution in [3.63, 3.8) is 0 Å². The van der Waals surface area contributed by atoms with Crippen molar-refractivity contribution >= 4 is 22.4 Å². The van der Waals surface area contributed by atoms with E-state index in [2.05, 4.69) is 23.3 Å². The zero-order valence-electron chi connectivity index (χ0n) is 13.5. The van der Waals surface area contributed by atoms with Crippen LogP contribution in [-0.2, 0) is 11.2 Å². The topological polar surface area (TPSA) is 42.0 Å². The van der Waals surface area contributed by atoms with Gasteiger partial charge in [0.2, 0.25) is 5.91 Å². The molecule has 1 amide bonds. The zero-order valence-corrected chi connectivity index (χ0v) is 14.3. The Morgan fingerprint density at radius 2 is 2.04 bits per heavy atom. The van der Waals surface area contributed by atoms with Crippen LogP contribution in [0.3, 0.4) is 0 Å². The molecule has 3 nitrogen and oxygen atoms in total. The molecule has 0 aliphatic carbocycles. The summed E-state index contributed by atoms with van der Waals surface area (Å²) in [7, 11) is 0. The number of nitrogens with one attached hydrogen (secondary N) is 1. The number of thiazole rings is 1. The average molecular weight is 340 g/mol. The van der Waals surface area contributed by atoms with Crippen molar-refractivity contribution in [3.8, 4) is 11.3 Å². The van der Waals surface area contributed by atoms with Gasteiger partial charge in [-0.15, -0.1) is 11.3 Å². The fourth-order valence-electron chi connectivity index (χ4n) is 2.55. The minimum Gasteiger partial charge on any atom is -0.302 e. The first-order valence-electron chi connectivity index (χ1n) is 7.59. The van der Waals surface area contributed by atoms with Gasteiger partial charge in [-0.3, -0.25) is 4.79 Å². The maximum Gasteiger partial charge on any atom is 0.230 e. The second-order valence-electron chi connectivity index (χ2n) is 5.71. The number of rotatable bonds is 4. The second-order valence-corrected chi connectivity index (χ2v) is 6.57. The molecule has 0 aliphatic rings. The quantitative estimate of drug-likeness (QED) is 0.745. The third kappa shape index (κ3) is 3.86. The number of hydrogen-bond acceptors (Lipinski definition) is 3. The molecular weight excluding hydrogens is 323 g/mol. The van der Waals surface area contributed by atoms with Gasteiger partial charge < -0.3 is 5.32 Å². The Bertz CT molecular complexity index is 889. The Kier molecular flexibility index (Phi) is 4.71. The van der Waals surface area contributed by atoms with Gasteiger partial charge in [-0.25, -0.2) is 9.37 Å². The minimum atomic E-state index is -0.341. The van der Waals surface area contributed by atoms with Crippen LogP contribution in [0.15, 0.2) is 47.8 Å². The highest BCUT2D eigenvalue weighted by molar-refractivity contribution is 7.14. The Balaban J connectivity index is 1.70. The molecule has 0 bridgehead atoms. The molecule has 3 rings (SSSR count). The van der Waals surface area contributed by atoms with E-state index in [4.69, 9.17) is 0 Å². The van der Waals surface area contributed by atoms with Crippen LogP contribution >= 0.6 is 11.3 Å². The SMILES string of the molecule is Cc1ccc(-c2csc(NC(=O)Cc3cccc(F)c3)n2)c(C)c1. The smallest absolute Gasteiger partial charge is 0.230 e. The van der Waals surface area contributed by atoms with Crippen molar-refractivity contribution < 1.29 is 9.18 Å². The summed E-state index contributed by atoms with van der Waals surface area (Å²) in [6.45, 7) is 4.10. The van der Waals surface area contributed by atoms with Gasteiger partial charge in [-0.2, -0.15) is 0 Å². The van der Waals surface area contributed by atoms with Crippen molar-refractivity contribution in [2.45, 2.75) is 20.3 Å². The van der Waals surface area contributed by atoms with Crippen molar-refractivity contribution in [3.05, 3.63) is 70.4 Å². The second kappa shape index (κ2) is 6.93. The molecule has 122 valence electrons. The van der Waals surface area contributed by atoms with E-state index in [-0.39, 0.29) is 18.1 Å². The lowest BCUT2D eigenvalue weighted by atomic mass is 10.0. The molecule has 0 fully saturated rings. The normalized spacial score (nSPS) is 10.6. The first-order valence-corrected chi connectivity index (χ1v) is 8.46. The Labute approximate surface area is 144 Å². The molecular formula is C19H17FN2OS. The van der Waals surface area contributed by atoms with E-state index in [1.807, 2.05) is 24.4 Å². The molecule has 0 atom stereocenters. The van der Waals surface area contributed by atoms with Gasteiger partial charge in [0.1, 0.15) is 5.82 Å². The predicted molar refractivity (Wildman–Crippen MR) is 95.8 cm³/mol. The van der Waals surface area contributed by atoms with Crippen molar-refractivity contribution in [1.82, 2.24) is 4.98 Å². The van der Waals surface area contributed by atoms with Crippen LogP contribution in [0, 0.1) is 19.7 Å². The van der Waals surface area contributed by atoms with Gasteiger partial charge >= 0.3 is 0 Å². The highest BCUT2D eigenvalue weighted by Crippen LogP contribution is 2.28. The number of halogens is 1. The maximum absolute atomic E-state index is 13.2. The van der Waals surface area contributed by atoms with Gasteiger partial charge in [0.15, 0.2) is 5.13 Å². The Morgan fingerprint density at radius 1 is 1.21 bits per heavy atom. The summed E-state index contributed by atoms with van der Waals surface area (Å²) in [6, 6.07) is 12.2. The van der Waals surface area contributed by atoms with Gasteiger partial charge in [0, 0.05) is 10.9 Å². The van der Waals surface area contributed by atoms with Crippen LogP contribution in [0.1, 0.15) is 16.7 Å². The number of carbonyl (C=O) groups is 1. The third-order valence-corrected chi connectivity index (χ3v) is 4.42. The summed E-state index contributed by atoms with van der Waals surface area (Å²) in [5.41, 5.74) is 4.90. The summed E-state index contributed by atoms with van der Waals surface area (Å²) < 4.78 is 13.2. The first kappa shape index (κ1) is 16.3. The fourth-order valence-corrected chi connectivity index (χ4v) is 3.28. The Morgan fingerprint density at radius 3 is 2.79 bits per heavy atom. The number of benzene rings is 2. The van der Waals surface area contributed by atoms with E-state index in [1.54, 1.807) is 12.1 Å². The molecule has 3 aromatic rings. The molecule has 0 saturated carbocycles. The van der Waals surface area contributed by atoms with Crippen LogP contribution in [-0.4, -0.2) is 10.9 Å². The molecule has 1 aromatic heterocycles. The summed E-state index contributed by atoms with van der Waals surface area (Å²) in [5, 5.41) is 5.25. The molecule has 24 heavy (non-hydrogen) atoms. The van der Waals surface area contributed by atoms with E-state index in [1.165, 1.54) is 29.0 Å². The van der Waals surface area contributed by atoms with Crippen LogP contribution in [0.5, 0.6) is 0 Å². The van der Waals surface area contributed by atoms with Gasteiger partial charge in [0.25, 0.3) is 0 Å². The van der Waals surface area contributed by atoms with Gasteiger partial charge in [-0.05, 0) is 37.1 Å². The number of amides is 1. The molecule has 1 heterocycles. The van der Waals surface area contributed by atoms with E-state index < -0.39 is 0 Å². The Hall–Kier alpha value is -2.53. The van der Waals surface area contributed by atoms with Gasteiger partial charge in [-0.1, -0.05) is 35.9 Å². The maximum atomic E-state index is 13.2. The number of carbonyl (C=O) groups excluding carboxylic acids is 1. The molecule has 5 heteroatoms. The number of aryl methyl sites for hydroxylation is 2. The summed E-state index contributed by atoms with van der Waals surface area (Å²) in [5.74, 6) is -0.547. The number of nitrogens with zero attached hydrogens (tertiary/aromatic N) is 1. The molecule has 0 unspecified atom stereocenters. The molecule has 0 radical (unpaired) electrons. The minimum absolute atomic E-state index is 0.121.